The van der Waals surface area contributed by atoms with Crippen molar-refractivity contribution in [2.24, 2.45) is 0 Å². The first-order chi connectivity index (χ1) is 8.35. The zero-order valence-electron chi connectivity index (χ0n) is 9.86. The smallest absolute Gasteiger partial charge is 0.240 e. The van der Waals surface area contributed by atoms with E-state index in [0.717, 1.165) is 6.42 Å². The van der Waals surface area contributed by atoms with Crippen LogP contribution in [-0.4, -0.2) is 26.3 Å². The predicted octanol–water partition coefficient (Wildman–Crippen LogP) is 1.65. The van der Waals surface area contributed by atoms with Gasteiger partial charge in [0.25, 0.3) is 0 Å². The summed E-state index contributed by atoms with van der Waals surface area (Å²) in [4.78, 5) is 12.1. The van der Waals surface area contributed by atoms with Crippen LogP contribution < -0.4 is 5.32 Å². The van der Waals surface area contributed by atoms with Gasteiger partial charge in [-0.05, 0) is 35.2 Å². The number of halogens is 1. The molecule has 2 N–H and O–H groups in total. The molecule has 18 heavy (non-hydrogen) atoms. The highest BCUT2D eigenvalue weighted by molar-refractivity contribution is 9.10. The minimum absolute atomic E-state index is 0.189. The maximum absolute atomic E-state index is 12.1. The lowest BCUT2D eigenvalue weighted by Crippen LogP contribution is -2.56. The fourth-order valence-electron chi connectivity index (χ4n) is 1.99. The van der Waals surface area contributed by atoms with Gasteiger partial charge in [-0.15, -0.1) is 0 Å². The van der Waals surface area contributed by atoms with E-state index in [1.807, 2.05) is 0 Å². The van der Waals surface area contributed by atoms with Crippen LogP contribution in [0.3, 0.4) is 0 Å². The molecular formula is C10H14BrN3O3S. The number of nitrogens with zero attached hydrogens (tertiary/aromatic N) is 1. The van der Waals surface area contributed by atoms with Crippen LogP contribution in [0.25, 0.3) is 0 Å². The van der Waals surface area contributed by atoms with E-state index < -0.39 is 14.5 Å². The number of carbonyl (C=O) groups excluding carboxylic acids is 1. The van der Waals surface area contributed by atoms with Crippen molar-refractivity contribution < 1.29 is 13.5 Å². The van der Waals surface area contributed by atoms with Crippen LogP contribution in [0.5, 0.6) is 0 Å². The fourth-order valence-corrected chi connectivity index (χ4v) is 3.81. The van der Waals surface area contributed by atoms with Crippen LogP contribution in [0.1, 0.15) is 25.0 Å². The Morgan fingerprint density at radius 1 is 1.72 bits per heavy atom. The third kappa shape index (κ3) is 2.31. The molecule has 0 bridgehead atoms. The molecule has 1 saturated carbocycles. The Hall–Kier alpha value is -0.890. The van der Waals surface area contributed by atoms with Crippen molar-refractivity contribution in [2.75, 3.05) is 6.26 Å². The molecule has 0 aromatic carbocycles. The van der Waals surface area contributed by atoms with E-state index in [-0.39, 0.29) is 12.5 Å². The highest BCUT2D eigenvalue weighted by atomic mass is 79.9. The van der Waals surface area contributed by atoms with Gasteiger partial charge in [0.1, 0.15) is 9.35 Å². The van der Waals surface area contributed by atoms with Gasteiger partial charge in [0.05, 0.1) is 16.3 Å². The molecule has 1 heterocycles. The zero-order chi connectivity index (χ0) is 13.4. The molecule has 1 fully saturated rings. The maximum atomic E-state index is 12.1. The van der Waals surface area contributed by atoms with Gasteiger partial charge in [-0.3, -0.25) is 9.57 Å². The van der Waals surface area contributed by atoms with Gasteiger partial charge in [0.2, 0.25) is 5.91 Å². The molecular weight excluding hydrogens is 322 g/mol. The highest BCUT2D eigenvalue weighted by Gasteiger charge is 2.50. The largest absolute Gasteiger partial charge is 0.358 e. The average molecular weight is 336 g/mol. The molecule has 0 radical (unpaired) electrons. The van der Waals surface area contributed by atoms with Gasteiger partial charge >= 0.3 is 0 Å². The van der Waals surface area contributed by atoms with E-state index in [2.05, 4.69) is 26.4 Å². The highest BCUT2D eigenvalue weighted by Crippen LogP contribution is 2.39. The van der Waals surface area contributed by atoms with Crippen LogP contribution in [0, 0.1) is 4.78 Å². The van der Waals surface area contributed by atoms with Gasteiger partial charge in [0, 0.05) is 12.3 Å². The van der Waals surface area contributed by atoms with Crippen LogP contribution in [0.2, 0.25) is 0 Å². The molecule has 1 aromatic heterocycles. The van der Waals surface area contributed by atoms with Crippen molar-refractivity contribution in [3.8, 4) is 0 Å². The lowest BCUT2D eigenvalue weighted by Gasteiger charge is -2.39. The number of aromatic nitrogens is 1. The van der Waals surface area contributed by atoms with Gasteiger partial charge in [0.15, 0.2) is 5.76 Å². The van der Waals surface area contributed by atoms with E-state index in [4.69, 9.17) is 9.30 Å². The predicted molar refractivity (Wildman–Crippen MR) is 69.4 cm³/mol. The average Bonchev–Trinajstić information content (AvgIpc) is 2.57. The summed E-state index contributed by atoms with van der Waals surface area (Å²) in [7, 11) is -2.89. The fraction of sp³-hybridized carbons (Fsp3) is 0.600. The van der Waals surface area contributed by atoms with Gasteiger partial charge in [-0.2, -0.15) is 0 Å². The molecule has 1 aliphatic carbocycles. The quantitative estimate of drug-likeness (QED) is 0.874. The first kappa shape index (κ1) is 13.5. The van der Waals surface area contributed by atoms with Crippen molar-refractivity contribution >= 4 is 31.6 Å². The Morgan fingerprint density at radius 2 is 2.39 bits per heavy atom. The molecule has 1 aliphatic rings. The van der Waals surface area contributed by atoms with E-state index in [9.17, 15) is 9.00 Å². The number of carbonyl (C=O) groups is 1. The Bertz CT molecular complexity index is 563. The van der Waals surface area contributed by atoms with Crippen LogP contribution in [0.15, 0.2) is 15.2 Å². The Labute approximate surface area is 114 Å². The summed E-state index contributed by atoms with van der Waals surface area (Å²) in [5, 5.41) is 6.31. The minimum Gasteiger partial charge on any atom is -0.358 e. The summed E-state index contributed by atoms with van der Waals surface area (Å²) in [6.07, 6.45) is 3.19. The normalized spacial score (nSPS) is 20.8. The summed E-state index contributed by atoms with van der Waals surface area (Å²) in [6, 6.07) is 1.65. The number of hydrogen-bond acceptors (Lipinski definition) is 5. The second kappa shape index (κ2) is 4.65. The van der Waals surface area contributed by atoms with Crippen molar-refractivity contribution in [1.82, 2.24) is 10.5 Å². The monoisotopic (exact) mass is 335 g/mol. The molecule has 1 amide bonds. The molecule has 0 spiro atoms. The SMILES string of the molecule is CS(=N)(=O)C1(C(=O)NCc2cc(Br)no2)CCC1. The number of amides is 1. The summed E-state index contributed by atoms with van der Waals surface area (Å²) >= 11 is 3.14. The summed E-state index contributed by atoms with van der Waals surface area (Å²) in [6.45, 7) is 0.189. The van der Waals surface area contributed by atoms with Crippen molar-refractivity contribution in [3.63, 3.8) is 0 Å². The zero-order valence-corrected chi connectivity index (χ0v) is 12.3. The Morgan fingerprint density at radius 3 is 2.78 bits per heavy atom. The summed E-state index contributed by atoms with van der Waals surface area (Å²) in [5.74, 6) is 0.182. The van der Waals surface area contributed by atoms with Crippen molar-refractivity contribution in [3.05, 3.63) is 16.4 Å². The number of nitrogens with one attached hydrogen (secondary N) is 2. The second-order valence-electron chi connectivity index (χ2n) is 4.49. The molecule has 1 unspecified atom stereocenters. The van der Waals surface area contributed by atoms with Crippen molar-refractivity contribution in [1.29, 1.82) is 4.78 Å². The van der Waals surface area contributed by atoms with E-state index >= 15 is 0 Å². The molecule has 1 aromatic rings. The summed E-state index contributed by atoms with van der Waals surface area (Å²) in [5.41, 5.74) is 0. The number of hydrogen-bond donors (Lipinski definition) is 2. The lowest BCUT2D eigenvalue weighted by molar-refractivity contribution is -0.125. The Balaban J connectivity index is 2.04. The van der Waals surface area contributed by atoms with Crippen LogP contribution in [-0.2, 0) is 21.1 Å². The maximum Gasteiger partial charge on any atom is 0.240 e. The molecule has 8 heteroatoms. The first-order valence-corrected chi connectivity index (χ1v) is 8.24. The van der Waals surface area contributed by atoms with Crippen molar-refractivity contribution in [2.45, 2.75) is 30.6 Å². The van der Waals surface area contributed by atoms with E-state index in [1.54, 1.807) is 6.07 Å². The van der Waals surface area contributed by atoms with E-state index in [0.29, 0.717) is 23.2 Å². The third-order valence-corrected chi connectivity index (χ3v) is 5.73. The molecule has 2 rings (SSSR count). The standard InChI is InChI=1S/C10H14BrN3O3S/c1-18(12,16)10(3-2-4-10)9(15)13-6-7-5-8(11)14-17-7/h5,12H,2-4,6H2,1H3,(H,13,15). The molecule has 0 saturated heterocycles. The van der Waals surface area contributed by atoms with Crippen LogP contribution >= 0.6 is 15.9 Å². The molecule has 6 nitrogen and oxygen atoms in total. The second-order valence-corrected chi connectivity index (χ2v) is 7.77. The summed E-state index contributed by atoms with van der Waals surface area (Å²) < 4.78 is 24.1. The van der Waals surface area contributed by atoms with Crippen LogP contribution in [0.4, 0.5) is 0 Å². The molecule has 100 valence electrons. The van der Waals surface area contributed by atoms with Gasteiger partial charge in [-0.25, -0.2) is 4.21 Å². The first-order valence-electron chi connectivity index (χ1n) is 5.48. The lowest BCUT2D eigenvalue weighted by atomic mass is 9.83. The van der Waals surface area contributed by atoms with Gasteiger partial charge in [-0.1, -0.05) is 5.16 Å². The van der Waals surface area contributed by atoms with Gasteiger partial charge < -0.3 is 9.84 Å². The topological polar surface area (TPSA) is 96.0 Å². The molecule has 0 aliphatic heterocycles. The Kier molecular flexibility index (Phi) is 3.50. The molecule has 1 atom stereocenters. The van der Waals surface area contributed by atoms with E-state index in [1.165, 1.54) is 6.26 Å². The number of rotatable bonds is 4. The minimum atomic E-state index is -2.89. The third-order valence-electron chi connectivity index (χ3n) is 3.27.